The summed E-state index contributed by atoms with van der Waals surface area (Å²) >= 11 is 0. The molecule has 0 aliphatic carbocycles. The summed E-state index contributed by atoms with van der Waals surface area (Å²) in [6, 6.07) is -1.07. The molecule has 0 aromatic carbocycles. The number of aliphatic hydroxyl groups is 1. The van der Waals surface area contributed by atoms with Crippen molar-refractivity contribution >= 4 is 16.0 Å². The monoisotopic (exact) mass is 555 g/mol. The molecule has 1 amide bonds. The zero-order valence-electron chi connectivity index (χ0n) is 24.3. The molecule has 0 saturated carbocycles. The Hall–Kier alpha value is -1.44. The third kappa shape index (κ3) is 26.2. The molecule has 3 N–H and O–H groups in total. The molecule has 0 aliphatic heterocycles. The van der Waals surface area contributed by atoms with Crippen LogP contribution in [0.1, 0.15) is 136 Å². The fraction of sp³-hybridized carbons (Fsp3) is 0.774. The van der Waals surface area contributed by atoms with E-state index in [1.807, 2.05) is 0 Å². The molecule has 0 aromatic rings. The van der Waals surface area contributed by atoms with Gasteiger partial charge in [-0.05, 0) is 38.5 Å². The lowest BCUT2D eigenvalue weighted by Crippen LogP contribution is -2.46. The molecule has 38 heavy (non-hydrogen) atoms. The minimum Gasteiger partial charge on any atom is -0.387 e. The smallest absolute Gasteiger partial charge is 0.267 e. The zero-order valence-corrected chi connectivity index (χ0v) is 25.1. The molecule has 0 rings (SSSR count). The van der Waals surface area contributed by atoms with E-state index in [0.29, 0.717) is 6.42 Å². The van der Waals surface area contributed by atoms with Crippen molar-refractivity contribution in [3.63, 3.8) is 0 Å². The van der Waals surface area contributed by atoms with Crippen molar-refractivity contribution in [1.29, 1.82) is 0 Å². The summed E-state index contributed by atoms with van der Waals surface area (Å²) in [6.45, 7) is 4.42. The van der Waals surface area contributed by atoms with E-state index in [-0.39, 0.29) is 12.3 Å². The Morgan fingerprint density at radius 1 is 0.684 bits per heavy atom. The predicted molar refractivity (Wildman–Crippen MR) is 161 cm³/mol. The highest BCUT2D eigenvalue weighted by atomic mass is 32.2. The van der Waals surface area contributed by atoms with E-state index in [0.717, 1.165) is 44.9 Å². The van der Waals surface area contributed by atoms with Crippen molar-refractivity contribution < 1.29 is 22.9 Å². The van der Waals surface area contributed by atoms with Crippen LogP contribution in [0.5, 0.6) is 0 Å². The lowest BCUT2D eigenvalue weighted by atomic mass is 10.0. The summed E-state index contributed by atoms with van der Waals surface area (Å²) in [6.07, 6.45) is 31.3. The van der Waals surface area contributed by atoms with Crippen LogP contribution in [-0.4, -0.2) is 41.9 Å². The van der Waals surface area contributed by atoms with Gasteiger partial charge in [0.25, 0.3) is 10.1 Å². The fourth-order valence-electron chi connectivity index (χ4n) is 4.23. The first kappa shape index (κ1) is 36.6. The average Bonchev–Trinajstić information content (AvgIpc) is 2.86. The number of allylic oxidation sites excluding steroid dienone is 5. The molecule has 222 valence electrons. The Kier molecular flexibility index (Phi) is 24.8. The molecule has 6 nitrogen and oxygen atoms in total. The molecule has 0 saturated heterocycles. The second-order valence-corrected chi connectivity index (χ2v) is 11.9. The molecule has 0 aliphatic rings. The van der Waals surface area contributed by atoms with Crippen LogP contribution >= 0.6 is 0 Å². The second-order valence-electron chi connectivity index (χ2n) is 10.4. The van der Waals surface area contributed by atoms with E-state index in [9.17, 15) is 22.9 Å². The number of unbranched alkanes of at least 4 members (excludes halogenated alkanes) is 14. The molecular weight excluding hydrogens is 498 g/mol. The van der Waals surface area contributed by atoms with Crippen molar-refractivity contribution in [2.24, 2.45) is 0 Å². The van der Waals surface area contributed by atoms with Crippen LogP contribution in [0.3, 0.4) is 0 Å². The molecule has 2 unspecified atom stereocenters. The van der Waals surface area contributed by atoms with Gasteiger partial charge in [0.1, 0.15) is 0 Å². The van der Waals surface area contributed by atoms with Crippen molar-refractivity contribution in [3.8, 4) is 0 Å². The van der Waals surface area contributed by atoms with Crippen molar-refractivity contribution in [2.45, 2.75) is 148 Å². The summed E-state index contributed by atoms with van der Waals surface area (Å²) in [5.41, 5.74) is 0. The van der Waals surface area contributed by atoms with Crippen LogP contribution in [0.4, 0.5) is 0 Å². The van der Waals surface area contributed by atoms with Crippen molar-refractivity contribution in [2.75, 3.05) is 5.75 Å². The van der Waals surface area contributed by atoms with Crippen LogP contribution in [0.25, 0.3) is 0 Å². The summed E-state index contributed by atoms with van der Waals surface area (Å²) < 4.78 is 32.1. The summed E-state index contributed by atoms with van der Waals surface area (Å²) in [7, 11) is -4.34. The largest absolute Gasteiger partial charge is 0.387 e. The molecule has 7 heteroatoms. The molecule has 2 atom stereocenters. The number of hydrogen-bond acceptors (Lipinski definition) is 4. The Labute approximate surface area is 234 Å². The maximum absolute atomic E-state index is 12.3. The highest BCUT2D eigenvalue weighted by molar-refractivity contribution is 7.85. The molecule has 0 fully saturated rings. The van der Waals surface area contributed by atoms with E-state index >= 15 is 0 Å². The molecule has 0 radical (unpaired) electrons. The lowest BCUT2D eigenvalue weighted by molar-refractivity contribution is -0.122. The first-order valence-corrected chi connectivity index (χ1v) is 16.8. The molecule has 0 heterocycles. The Balaban J connectivity index is 4.20. The number of carbonyl (C=O) groups excluding carboxylic acids is 1. The lowest BCUT2D eigenvalue weighted by Gasteiger charge is -2.21. The highest BCUT2D eigenvalue weighted by Crippen LogP contribution is 2.12. The van der Waals surface area contributed by atoms with Gasteiger partial charge < -0.3 is 10.4 Å². The third-order valence-corrected chi connectivity index (χ3v) is 7.33. The number of amides is 1. The van der Waals surface area contributed by atoms with E-state index in [2.05, 4.69) is 43.5 Å². The maximum atomic E-state index is 12.3. The standard InChI is InChI=1S/C31H57NO5S/c1-3-5-7-9-11-13-15-17-18-20-22-24-26-30(33)29(28-38(35,36)37)32-31(34)27-25-23-21-19-16-14-12-10-8-6-4-2/h9,11,17-18,24,26,29-30,33H,3-8,10,12-16,19-23,25,27-28H2,1-2H3,(H,32,34)(H,35,36,37)/b11-9+,18-17+,26-24+. The number of hydrogen-bond donors (Lipinski definition) is 3. The van der Waals surface area contributed by atoms with Gasteiger partial charge in [-0.25, -0.2) is 0 Å². The summed E-state index contributed by atoms with van der Waals surface area (Å²) in [4.78, 5) is 12.3. The predicted octanol–water partition coefficient (Wildman–Crippen LogP) is 7.84. The topological polar surface area (TPSA) is 104 Å². The highest BCUT2D eigenvalue weighted by Gasteiger charge is 2.24. The summed E-state index contributed by atoms with van der Waals surface area (Å²) in [5.74, 6) is -1.01. The van der Waals surface area contributed by atoms with Gasteiger partial charge in [-0.3, -0.25) is 9.35 Å². The van der Waals surface area contributed by atoms with Crippen LogP contribution in [0.15, 0.2) is 36.5 Å². The first-order chi connectivity index (χ1) is 18.3. The van der Waals surface area contributed by atoms with Crippen LogP contribution in [-0.2, 0) is 14.9 Å². The molecular formula is C31H57NO5S. The van der Waals surface area contributed by atoms with Gasteiger partial charge in [-0.1, -0.05) is 127 Å². The van der Waals surface area contributed by atoms with E-state index in [1.165, 1.54) is 70.3 Å². The van der Waals surface area contributed by atoms with Gasteiger partial charge in [0, 0.05) is 6.42 Å². The van der Waals surface area contributed by atoms with Crippen LogP contribution < -0.4 is 5.32 Å². The van der Waals surface area contributed by atoms with E-state index in [1.54, 1.807) is 6.08 Å². The Morgan fingerprint density at radius 3 is 1.63 bits per heavy atom. The van der Waals surface area contributed by atoms with Crippen LogP contribution in [0, 0.1) is 0 Å². The Morgan fingerprint density at radius 2 is 1.13 bits per heavy atom. The Bertz CT molecular complexity index is 745. The van der Waals surface area contributed by atoms with Gasteiger partial charge in [-0.15, -0.1) is 0 Å². The third-order valence-electron chi connectivity index (χ3n) is 6.55. The molecule has 0 spiro atoms. The number of rotatable bonds is 26. The maximum Gasteiger partial charge on any atom is 0.267 e. The van der Waals surface area contributed by atoms with E-state index in [4.69, 9.17) is 0 Å². The summed E-state index contributed by atoms with van der Waals surface area (Å²) in [5, 5.41) is 13.0. The number of nitrogens with one attached hydrogen (secondary N) is 1. The number of carbonyl (C=O) groups is 1. The van der Waals surface area contributed by atoms with Crippen molar-refractivity contribution in [3.05, 3.63) is 36.5 Å². The van der Waals surface area contributed by atoms with Crippen LogP contribution in [0.2, 0.25) is 0 Å². The van der Waals surface area contributed by atoms with Gasteiger partial charge in [0.15, 0.2) is 0 Å². The minimum absolute atomic E-state index is 0.286. The van der Waals surface area contributed by atoms with Gasteiger partial charge in [-0.2, -0.15) is 8.42 Å². The SMILES string of the molecule is CCCC/C=C/CC/C=C/CC/C=C/C(O)C(CS(=O)(=O)O)NC(=O)CCCCCCCCCCCCC. The fourth-order valence-corrected chi connectivity index (χ4v) is 4.96. The van der Waals surface area contributed by atoms with Gasteiger partial charge >= 0.3 is 0 Å². The second kappa shape index (κ2) is 25.8. The van der Waals surface area contributed by atoms with Crippen molar-refractivity contribution in [1.82, 2.24) is 5.32 Å². The minimum atomic E-state index is -4.34. The normalized spacial score (nSPS) is 14.1. The average molecular weight is 556 g/mol. The molecule has 0 bridgehead atoms. The van der Waals surface area contributed by atoms with Gasteiger partial charge in [0.05, 0.1) is 17.9 Å². The quantitative estimate of drug-likeness (QED) is 0.0573. The molecule has 0 aromatic heterocycles. The first-order valence-electron chi connectivity index (χ1n) is 15.2. The van der Waals surface area contributed by atoms with E-state index < -0.39 is 28.0 Å². The number of aliphatic hydroxyl groups excluding tert-OH is 1. The van der Waals surface area contributed by atoms with Gasteiger partial charge in [0.2, 0.25) is 5.91 Å². The zero-order chi connectivity index (χ0) is 28.3.